The van der Waals surface area contributed by atoms with Crippen LogP contribution >= 0.6 is 0 Å². The molecule has 1 heterocycles. The number of epoxide rings is 1. The van der Waals surface area contributed by atoms with Crippen molar-refractivity contribution in [2.45, 2.75) is 38.2 Å². The minimum absolute atomic E-state index is 0.459. The molecule has 56 valence electrons. The van der Waals surface area contributed by atoms with E-state index >= 15 is 0 Å². The van der Waals surface area contributed by atoms with E-state index in [4.69, 9.17) is 4.74 Å². The zero-order valence-corrected chi connectivity index (χ0v) is 6.31. The molecule has 1 saturated carbocycles. The molecule has 1 aliphatic heterocycles. The molecule has 0 amide bonds. The van der Waals surface area contributed by atoms with Gasteiger partial charge in [-0.25, -0.2) is 0 Å². The summed E-state index contributed by atoms with van der Waals surface area (Å²) in [6.07, 6.45) is 7.42. The second-order valence-corrected chi connectivity index (χ2v) is 3.40. The summed E-state index contributed by atoms with van der Waals surface area (Å²) >= 11 is 0. The van der Waals surface area contributed by atoms with Crippen molar-refractivity contribution < 1.29 is 4.74 Å². The summed E-state index contributed by atoms with van der Waals surface area (Å²) in [5, 5.41) is 0. The summed E-state index contributed by atoms with van der Waals surface area (Å²) < 4.78 is 5.26. The topological polar surface area (TPSA) is 12.5 Å². The summed E-state index contributed by atoms with van der Waals surface area (Å²) in [6, 6.07) is 0. The van der Waals surface area contributed by atoms with Gasteiger partial charge < -0.3 is 4.74 Å². The molecule has 10 heavy (non-hydrogen) atoms. The number of rotatable bonds is 1. The second-order valence-electron chi connectivity index (χ2n) is 3.40. The molecular weight excluding hydrogens is 124 g/mol. The lowest BCUT2D eigenvalue weighted by atomic mass is 9.87. The van der Waals surface area contributed by atoms with E-state index in [0.29, 0.717) is 6.10 Å². The molecule has 1 nitrogen and oxygen atoms in total. The van der Waals surface area contributed by atoms with E-state index in [1.54, 1.807) is 0 Å². The Kier molecular flexibility index (Phi) is 1.44. The Bertz CT molecular complexity index is 145. The van der Waals surface area contributed by atoms with Gasteiger partial charge in [-0.15, -0.1) is 0 Å². The van der Waals surface area contributed by atoms with Gasteiger partial charge in [0.2, 0.25) is 0 Å². The Morgan fingerprint density at radius 3 is 2.30 bits per heavy atom. The van der Waals surface area contributed by atoms with Crippen LogP contribution in [-0.4, -0.2) is 6.10 Å². The van der Waals surface area contributed by atoms with Gasteiger partial charge in [0.05, 0.1) is 0 Å². The zero-order chi connectivity index (χ0) is 6.97. The molecular formula is C9H14O. The molecule has 1 unspecified atom stereocenters. The van der Waals surface area contributed by atoms with E-state index in [9.17, 15) is 0 Å². The van der Waals surface area contributed by atoms with Crippen LogP contribution in [-0.2, 0) is 4.74 Å². The summed E-state index contributed by atoms with van der Waals surface area (Å²) in [7, 11) is 0. The van der Waals surface area contributed by atoms with E-state index in [1.807, 2.05) is 0 Å². The third kappa shape index (κ3) is 1.05. The largest absolute Gasteiger partial charge is 0.483 e. The van der Waals surface area contributed by atoms with Crippen LogP contribution in [0.15, 0.2) is 12.3 Å². The van der Waals surface area contributed by atoms with Crippen LogP contribution in [0.3, 0.4) is 0 Å². The minimum atomic E-state index is 0.459. The van der Waals surface area contributed by atoms with Gasteiger partial charge in [0.1, 0.15) is 5.76 Å². The van der Waals surface area contributed by atoms with Crippen LogP contribution in [0.1, 0.15) is 32.1 Å². The van der Waals surface area contributed by atoms with Crippen LogP contribution in [0.4, 0.5) is 0 Å². The van der Waals surface area contributed by atoms with Crippen LogP contribution in [0.2, 0.25) is 0 Å². The van der Waals surface area contributed by atoms with Crippen LogP contribution in [0.5, 0.6) is 0 Å². The van der Waals surface area contributed by atoms with Gasteiger partial charge in [-0.3, -0.25) is 0 Å². The molecule has 0 N–H and O–H groups in total. The fourth-order valence-electron chi connectivity index (χ4n) is 1.93. The Morgan fingerprint density at radius 2 is 1.80 bits per heavy atom. The van der Waals surface area contributed by atoms with E-state index < -0.39 is 0 Å². The second kappa shape index (κ2) is 2.30. The van der Waals surface area contributed by atoms with Gasteiger partial charge in [-0.05, 0) is 12.8 Å². The number of hydrogen-bond donors (Lipinski definition) is 0. The van der Waals surface area contributed by atoms with Crippen molar-refractivity contribution in [3.8, 4) is 0 Å². The third-order valence-electron chi connectivity index (χ3n) is 2.62. The van der Waals surface area contributed by atoms with Gasteiger partial charge in [0, 0.05) is 5.92 Å². The van der Waals surface area contributed by atoms with E-state index in [0.717, 1.165) is 11.7 Å². The van der Waals surface area contributed by atoms with Crippen molar-refractivity contribution in [1.82, 2.24) is 0 Å². The first kappa shape index (κ1) is 6.26. The monoisotopic (exact) mass is 138 g/mol. The summed E-state index contributed by atoms with van der Waals surface area (Å²) in [4.78, 5) is 0. The van der Waals surface area contributed by atoms with Crippen LogP contribution in [0.25, 0.3) is 0 Å². The van der Waals surface area contributed by atoms with Crippen molar-refractivity contribution in [1.29, 1.82) is 0 Å². The van der Waals surface area contributed by atoms with E-state index in [-0.39, 0.29) is 0 Å². The summed E-state index contributed by atoms with van der Waals surface area (Å²) in [6.45, 7) is 3.80. The number of ether oxygens (including phenoxy) is 1. The highest BCUT2D eigenvalue weighted by molar-refractivity contribution is 5.10. The smallest absolute Gasteiger partial charge is 0.157 e. The molecule has 0 aromatic rings. The zero-order valence-electron chi connectivity index (χ0n) is 6.31. The maximum absolute atomic E-state index is 5.26. The molecule has 1 aliphatic carbocycles. The molecule has 0 spiro atoms. The van der Waals surface area contributed by atoms with Crippen molar-refractivity contribution in [2.24, 2.45) is 5.92 Å². The average molecular weight is 138 g/mol. The van der Waals surface area contributed by atoms with Gasteiger partial charge >= 0.3 is 0 Å². The highest BCUT2D eigenvalue weighted by Crippen LogP contribution is 2.39. The Hall–Kier alpha value is -0.460. The highest BCUT2D eigenvalue weighted by Gasteiger charge is 2.38. The van der Waals surface area contributed by atoms with Crippen molar-refractivity contribution in [3.63, 3.8) is 0 Å². The lowest BCUT2D eigenvalue weighted by molar-refractivity contribution is 0.268. The normalized spacial score (nSPS) is 33.6. The first-order valence-electron chi connectivity index (χ1n) is 4.23. The first-order chi connectivity index (χ1) is 4.88. The fourth-order valence-corrected chi connectivity index (χ4v) is 1.93. The van der Waals surface area contributed by atoms with Crippen molar-refractivity contribution in [3.05, 3.63) is 12.3 Å². The van der Waals surface area contributed by atoms with Gasteiger partial charge in [0.25, 0.3) is 0 Å². The molecule has 1 atom stereocenters. The maximum Gasteiger partial charge on any atom is 0.157 e. The van der Waals surface area contributed by atoms with Crippen molar-refractivity contribution >= 4 is 0 Å². The molecule has 0 aromatic carbocycles. The lowest BCUT2D eigenvalue weighted by Gasteiger charge is -2.17. The molecule has 1 heteroatoms. The molecule has 0 aromatic heterocycles. The van der Waals surface area contributed by atoms with E-state index in [1.165, 1.54) is 32.1 Å². The van der Waals surface area contributed by atoms with Crippen LogP contribution < -0.4 is 0 Å². The summed E-state index contributed by atoms with van der Waals surface area (Å²) in [5.41, 5.74) is 0. The quantitative estimate of drug-likeness (QED) is 0.507. The van der Waals surface area contributed by atoms with Gasteiger partial charge in [0.15, 0.2) is 6.10 Å². The Balaban J connectivity index is 1.86. The SMILES string of the molecule is C=C1OC1C1CCCCC1. The van der Waals surface area contributed by atoms with E-state index in [2.05, 4.69) is 6.58 Å². The van der Waals surface area contributed by atoms with Gasteiger partial charge in [-0.1, -0.05) is 25.8 Å². The minimum Gasteiger partial charge on any atom is -0.483 e. The maximum atomic E-state index is 5.26. The van der Waals surface area contributed by atoms with Crippen LogP contribution in [0, 0.1) is 5.92 Å². The first-order valence-corrected chi connectivity index (χ1v) is 4.23. The average Bonchev–Trinajstić information content (AvgIpc) is 2.69. The molecule has 1 saturated heterocycles. The standard InChI is InChI=1S/C9H14O/c1-7-9(10-7)8-5-3-2-4-6-8/h8-9H,1-6H2. The fraction of sp³-hybridized carbons (Fsp3) is 0.778. The third-order valence-corrected chi connectivity index (χ3v) is 2.62. The molecule has 0 bridgehead atoms. The summed E-state index contributed by atoms with van der Waals surface area (Å²) in [5.74, 6) is 1.85. The Labute approximate surface area is 62.1 Å². The predicted octanol–water partition coefficient (Wildman–Crippen LogP) is 2.48. The number of hydrogen-bond acceptors (Lipinski definition) is 1. The lowest BCUT2D eigenvalue weighted by Crippen LogP contribution is -2.11. The highest BCUT2D eigenvalue weighted by atomic mass is 16.6. The molecule has 0 radical (unpaired) electrons. The van der Waals surface area contributed by atoms with Gasteiger partial charge in [-0.2, -0.15) is 0 Å². The molecule has 2 aliphatic rings. The predicted molar refractivity (Wildman–Crippen MR) is 40.6 cm³/mol. The van der Waals surface area contributed by atoms with Crippen molar-refractivity contribution in [2.75, 3.05) is 0 Å². The molecule has 2 rings (SSSR count). The molecule has 2 fully saturated rings. The Morgan fingerprint density at radius 1 is 1.20 bits per heavy atom.